The average Bonchev–Trinajstić information content (AvgIpc) is 2.15. The second kappa shape index (κ2) is 8.10. The summed E-state index contributed by atoms with van der Waals surface area (Å²) < 4.78 is 5.13. The molecule has 2 heteroatoms. The zero-order chi connectivity index (χ0) is 13.4. The third-order valence-corrected chi connectivity index (χ3v) is 2.76. The van der Waals surface area contributed by atoms with Crippen molar-refractivity contribution in [2.45, 2.75) is 53.6 Å². The smallest absolute Gasteiger partial charge is 0.302 e. The maximum Gasteiger partial charge on any atom is 0.302 e. The minimum absolute atomic E-state index is 0.00646. The minimum Gasteiger partial charge on any atom is -0.463 e. The van der Waals surface area contributed by atoms with Crippen LogP contribution in [-0.2, 0) is 9.53 Å². The van der Waals surface area contributed by atoms with Crippen LogP contribution in [0.1, 0.15) is 47.5 Å². The van der Waals surface area contributed by atoms with Gasteiger partial charge in [0.25, 0.3) is 0 Å². The van der Waals surface area contributed by atoms with Crippen LogP contribution in [-0.4, -0.2) is 12.1 Å². The summed E-state index contributed by atoms with van der Waals surface area (Å²) in [5.74, 6) is 0.913. The Balaban J connectivity index is 4.18. The van der Waals surface area contributed by atoms with Crippen LogP contribution in [0.15, 0.2) is 24.3 Å². The molecule has 0 radical (unpaired) electrons. The summed E-state index contributed by atoms with van der Waals surface area (Å²) in [5.41, 5.74) is 1.07. The fourth-order valence-electron chi connectivity index (χ4n) is 1.71. The SMILES string of the molecule is C=C(C)C=CC(CCC(C)OC(C)=O)C(C)C. The molecular formula is C15H26O2. The Labute approximate surface area is 106 Å². The van der Waals surface area contributed by atoms with Gasteiger partial charge < -0.3 is 4.74 Å². The Hall–Kier alpha value is -1.05. The topological polar surface area (TPSA) is 26.3 Å². The molecule has 2 unspecified atom stereocenters. The highest BCUT2D eigenvalue weighted by Gasteiger charge is 2.13. The van der Waals surface area contributed by atoms with E-state index in [0.717, 1.165) is 18.4 Å². The van der Waals surface area contributed by atoms with Crippen LogP contribution in [0.2, 0.25) is 0 Å². The molecule has 0 spiro atoms. The van der Waals surface area contributed by atoms with Crippen molar-refractivity contribution in [3.63, 3.8) is 0 Å². The van der Waals surface area contributed by atoms with Gasteiger partial charge in [0.1, 0.15) is 0 Å². The van der Waals surface area contributed by atoms with Crippen LogP contribution in [0.5, 0.6) is 0 Å². The molecule has 0 N–H and O–H groups in total. The standard InChI is InChI=1S/C15H26O2/c1-11(2)7-9-15(12(3)4)10-8-13(5)17-14(6)16/h7,9,12-13,15H,1,8,10H2,2-6H3. The molecule has 0 bridgehead atoms. The highest BCUT2D eigenvalue weighted by atomic mass is 16.5. The van der Waals surface area contributed by atoms with E-state index in [1.165, 1.54) is 6.92 Å². The molecule has 98 valence electrons. The second-order valence-electron chi connectivity index (χ2n) is 5.11. The third-order valence-electron chi connectivity index (χ3n) is 2.76. The van der Waals surface area contributed by atoms with E-state index < -0.39 is 0 Å². The number of allylic oxidation sites excluding steroid dienone is 3. The highest BCUT2D eigenvalue weighted by Crippen LogP contribution is 2.21. The van der Waals surface area contributed by atoms with Gasteiger partial charge in [0.15, 0.2) is 0 Å². The molecule has 0 amide bonds. The lowest BCUT2D eigenvalue weighted by Gasteiger charge is -2.19. The Morgan fingerprint density at radius 3 is 2.24 bits per heavy atom. The zero-order valence-electron chi connectivity index (χ0n) is 11.8. The summed E-state index contributed by atoms with van der Waals surface area (Å²) in [6.45, 7) is 13.7. The van der Waals surface area contributed by atoms with E-state index in [-0.39, 0.29) is 12.1 Å². The number of hydrogen-bond acceptors (Lipinski definition) is 2. The summed E-state index contributed by atoms with van der Waals surface area (Å²) in [4.78, 5) is 10.8. The number of hydrogen-bond donors (Lipinski definition) is 0. The number of carbonyl (C=O) groups excluding carboxylic acids is 1. The first-order valence-electron chi connectivity index (χ1n) is 6.33. The molecule has 0 aliphatic carbocycles. The largest absolute Gasteiger partial charge is 0.463 e. The first-order chi connectivity index (χ1) is 7.82. The molecule has 0 fully saturated rings. The maximum absolute atomic E-state index is 10.8. The second-order valence-corrected chi connectivity index (χ2v) is 5.11. The first-order valence-corrected chi connectivity index (χ1v) is 6.33. The molecular weight excluding hydrogens is 212 g/mol. The van der Waals surface area contributed by atoms with Crippen molar-refractivity contribution in [3.8, 4) is 0 Å². The molecule has 0 aromatic heterocycles. The van der Waals surface area contributed by atoms with Crippen LogP contribution in [0.4, 0.5) is 0 Å². The number of carbonyl (C=O) groups is 1. The van der Waals surface area contributed by atoms with E-state index in [4.69, 9.17) is 4.74 Å². The molecule has 0 aliphatic heterocycles. The van der Waals surface area contributed by atoms with Gasteiger partial charge in [-0.2, -0.15) is 0 Å². The van der Waals surface area contributed by atoms with Gasteiger partial charge >= 0.3 is 5.97 Å². The molecule has 2 atom stereocenters. The van der Waals surface area contributed by atoms with E-state index in [1.807, 2.05) is 13.8 Å². The van der Waals surface area contributed by atoms with Gasteiger partial charge in [-0.3, -0.25) is 4.79 Å². The van der Waals surface area contributed by atoms with Crippen molar-refractivity contribution >= 4 is 5.97 Å². The van der Waals surface area contributed by atoms with Gasteiger partial charge in [0.2, 0.25) is 0 Å². The molecule has 0 heterocycles. The third kappa shape index (κ3) is 8.73. The van der Waals surface area contributed by atoms with Crippen molar-refractivity contribution in [2.24, 2.45) is 11.8 Å². The predicted octanol–water partition coefficient (Wildman–Crippen LogP) is 4.12. The number of ether oxygens (including phenoxy) is 1. The first kappa shape index (κ1) is 16.0. The summed E-state index contributed by atoms with van der Waals surface area (Å²) in [5, 5.41) is 0. The Morgan fingerprint density at radius 1 is 1.24 bits per heavy atom. The van der Waals surface area contributed by atoms with Crippen molar-refractivity contribution < 1.29 is 9.53 Å². The van der Waals surface area contributed by atoms with E-state index in [9.17, 15) is 4.79 Å². The summed E-state index contributed by atoms with van der Waals surface area (Å²) in [6.07, 6.45) is 6.24. The molecule has 0 aromatic rings. The molecule has 0 aliphatic rings. The highest BCUT2D eigenvalue weighted by molar-refractivity contribution is 5.66. The van der Waals surface area contributed by atoms with E-state index in [2.05, 4.69) is 32.6 Å². The lowest BCUT2D eigenvalue weighted by molar-refractivity contribution is -0.145. The lowest BCUT2D eigenvalue weighted by atomic mass is 9.89. The van der Waals surface area contributed by atoms with Gasteiger partial charge in [0, 0.05) is 6.92 Å². The zero-order valence-corrected chi connectivity index (χ0v) is 11.8. The number of esters is 1. The number of rotatable bonds is 7. The van der Waals surface area contributed by atoms with Crippen LogP contribution in [0.25, 0.3) is 0 Å². The Bertz CT molecular complexity index is 277. The van der Waals surface area contributed by atoms with Crippen molar-refractivity contribution in [3.05, 3.63) is 24.3 Å². The summed E-state index contributed by atoms with van der Waals surface area (Å²) in [7, 11) is 0. The van der Waals surface area contributed by atoms with Crippen LogP contribution < -0.4 is 0 Å². The van der Waals surface area contributed by atoms with Gasteiger partial charge in [-0.25, -0.2) is 0 Å². The van der Waals surface area contributed by atoms with Crippen LogP contribution in [0, 0.1) is 11.8 Å². The molecule has 0 saturated carbocycles. The van der Waals surface area contributed by atoms with Crippen molar-refractivity contribution in [2.75, 3.05) is 0 Å². The molecule has 0 aromatic carbocycles. The van der Waals surface area contributed by atoms with Gasteiger partial charge in [0.05, 0.1) is 6.10 Å². The molecule has 2 nitrogen and oxygen atoms in total. The maximum atomic E-state index is 10.8. The average molecular weight is 238 g/mol. The normalized spacial score (nSPS) is 14.9. The van der Waals surface area contributed by atoms with Gasteiger partial charge in [-0.15, -0.1) is 0 Å². The Morgan fingerprint density at radius 2 is 1.82 bits per heavy atom. The quantitative estimate of drug-likeness (QED) is 0.492. The minimum atomic E-state index is -0.198. The van der Waals surface area contributed by atoms with Crippen molar-refractivity contribution in [1.82, 2.24) is 0 Å². The molecule has 0 rings (SSSR count). The fraction of sp³-hybridized carbons (Fsp3) is 0.667. The van der Waals surface area contributed by atoms with Crippen molar-refractivity contribution in [1.29, 1.82) is 0 Å². The summed E-state index contributed by atoms with van der Waals surface area (Å²) >= 11 is 0. The predicted molar refractivity (Wildman–Crippen MR) is 72.7 cm³/mol. The van der Waals surface area contributed by atoms with E-state index in [1.54, 1.807) is 0 Å². The fourth-order valence-corrected chi connectivity index (χ4v) is 1.71. The molecule has 17 heavy (non-hydrogen) atoms. The van der Waals surface area contributed by atoms with Gasteiger partial charge in [-0.05, 0) is 38.5 Å². The van der Waals surface area contributed by atoms with Gasteiger partial charge in [-0.1, -0.05) is 38.2 Å². The Kier molecular flexibility index (Phi) is 7.60. The molecule has 0 saturated heterocycles. The van der Waals surface area contributed by atoms with Crippen LogP contribution in [0.3, 0.4) is 0 Å². The summed E-state index contributed by atoms with van der Waals surface area (Å²) in [6, 6.07) is 0. The monoisotopic (exact) mass is 238 g/mol. The van der Waals surface area contributed by atoms with E-state index in [0.29, 0.717) is 11.8 Å². The van der Waals surface area contributed by atoms with Crippen LogP contribution >= 0.6 is 0 Å². The van der Waals surface area contributed by atoms with E-state index >= 15 is 0 Å². The lowest BCUT2D eigenvalue weighted by Crippen LogP contribution is -2.15.